The summed E-state index contributed by atoms with van der Waals surface area (Å²) >= 11 is 0. The van der Waals surface area contributed by atoms with Crippen LogP contribution < -0.4 is 9.47 Å². The molecule has 0 atom stereocenters. The Balaban J connectivity index is 2.46. The summed E-state index contributed by atoms with van der Waals surface area (Å²) in [5.74, 6) is 1.66. The van der Waals surface area contributed by atoms with Crippen LogP contribution in [0.5, 0.6) is 11.5 Å². The molecule has 1 aromatic heterocycles. The second-order valence-electron chi connectivity index (χ2n) is 2.74. The number of fused-ring (bicyclic) bond motifs is 3. The molecule has 12 heavy (non-hydrogen) atoms. The number of rotatable bonds is 0. The third-order valence-corrected chi connectivity index (χ3v) is 2.06. The molecule has 1 N–H and O–H groups in total. The maximum Gasteiger partial charge on any atom is 0.231 e. The monoisotopic (exact) mass is 161 g/mol. The topological polar surface area (TPSA) is 34.2 Å². The van der Waals surface area contributed by atoms with Gasteiger partial charge in [-0.05, 0) is 18.2 Å². The van der Waals surface area contributed by atoms with Gasteiger partial charge in [0.15, 0.2) is 11.5 Å². The molecule has 0 amide bonds. The van der Waals surface area contributed by atoms with Gasteiger partial charge in [0.05, 0.1) is 5.52 Å². The zero-order chi connectivity index (χ0) is 7.97. The third kappa shape index (κ3) is 0.605. The Hall–Kier alpha value is -1.64. The Bertz CT molecular complexity index is 433. The van der Waals surface area contributed by atoms with Gasteiger partial charge >= 0.3 is 0 Å². The van der Waals surface area contributed by atoms with Crippen LogP contribution in [0.3, 0.4) is 0 Å². The van der Waals surface area contributed by atoms with Gasteiger partial charge in [-0.25, -0.2) is 0 Å². The van der Waals surface area contributed by atoms with Crippen molar-refractivity contribution in [2.24, 2.45) is 0 Å². The maximum absolute atomic E-state index is 5.32. The Morgan fingerprint density at radius 3 is 3.17 bits per heavy atom. The van der Waals surface area contributed by atoms with Crippen LogP contribution in [0.1, 0.15) is 0 Å². The highest BCUT2D eigenvalue weighted by atomic mass is 16.7. The smallest absolute Gasteiger partial charge is 0.231 e. The maximum atomic E-state index is 5.32. The molecule has 60 valence electrons. The molecule has 0 spiro atoms. The molecule has 0 fully saturated rings. The van der Waals surface area contributed by atoms with Crippen molar-refractivity contribution in [1.82, 2.24) is 4.98 Å². The first-order chi connectivity index (χ1) is 5.95. The third-order valence-electron chi connectivity index (χ3n) is 2.06. The van der Waals surface area contributed by atoms with Crippen LogP contribution in [0, 0.1) is 0 Å². The largest absolute Gasteiger partial charge is 0.454 e. The number of ether oxygens (including phenoxy) is 2. The molecule has 0 unspecified atom stereocenters. The van der Waals surface area contributed by atoms with Crippen LogP contribution in [0.4, 0.5) is 0 Å². The fourth-order valence-electron chi connectivity index (χ4n) is 1.49. The molecule has 3 heteroatoms. The minimum atomic E-state index is 0.327. The normalized spacial score (nSPS) is 14.0. The molecule has 3 nitrogen and oxygen atoms in total. The Morgan fingerprint density at radius 2 is 2.17 bits per heavy atom. The number of nitrogens with one attached hydrogen (secondary N) is 1. The van der Waals surface area contributed by atoms with Crippen molar-refractivity contribution < 1.29 is 9.47 Å². The van der Waals surface area contributed by atoms with Crippen LogP contribution in [-0.4, -0.2) is 11.8 Å². The fraction of sp³-hybridized carbons (Fsp3) is 0.111. The molecule has 1 aliphatic heterocycles. The van der Waals surface area contributed by atoms with E-state index in [2.05, 4.69) is 4.98 Å². The molecular weight excluding hydrogens is 154 g/mol. The summed E-state index contributed by atoms with van der Waals surface area (Å²) in [4.78, 5) is 3.11. The summed E-state index contributed by atoms with van der Waals surface area (Å²) in [6.07, 6.45) is 1.90. The van der Waals surface area contributed by atoms with Crippen LogP contribution >= 0.6 is 0 Å². The van der Waals surface area contributed by atoms with Gasteiger partial charge in [0, 0.05) is 11.6 Å². The van der Waals surface area contributed by atoms with E-state index in [4.69, 9.17) is 9.47 Å². The minimum absolute atomic E-state index is 0.327. The summed E-state index contributed by atoms with van der Waals surface area (Å²) in [5, 5.41) is 1.15. The zero-order valence-electron chi connectivity index (χ0n) is 6.33. The molecule has 0 aliphatic carbocycles. The summed E-state index contributed by atoms with van der Waals surface area (Å²) in [6, 6.07) is 5.95. The number of aromatic amines is 1. The predicted octanol–water partition coefficient (Wildman–Crippen LogP) is 1.90. The van der Waals surface area contributed by atoms with Gasteiger partial charge in [0.1, 0.15) is 0 Å². The van der Waals surface area contributed by atoms with Gasteiger partial charge in [-0.1, -0.05) is 0 Å². The average molecular weight is 161 g/mol. The SMILES string of the molecule is c1cc2ccc3c(c2[nH]1)OCO3. The summed E-state index contributed by atoms with van der Waals surface area (Å²) < 4.78 is 10.6. The van der Waals surface area contributed by atoms with E-state index in [1.165, 1.54) is 0 Å². The summed E-state index contributed by atoms with van der Waals surface area (Å²) in [6.45, 7) is 0.327. The van der Waals surface area contributed by atoms with Crippen LogP contribution in [0.15, 0.2) is 24.4 Å². The molecule has 2 aromatic rings. The van der Waals surface area contributed by atoms with E-state index in [-0.39, 0.29) is 0 Å². The highest BCUT2D eigenvalue weighted by Gasteiger charge is 2.16. The van der Waals surface area contributed by atoms with Gasteiger partial charge in [-0.15, -0.1) is 0 Å². The van der Waals surface area contributed by atoms with E-state index in [1.807, 2.05) is 24.4 Å². The lowest BCUT2D eigenvalue weighted by molar-refractivity contribution is 0.174. The highest BCUT2D eigenvalue weighted by molar-refractivity contribution is 5.88. The molecule has 3 rings (SSSR count). The second kappa shape index (κ2) is 1.94. The van der Waals surface area contributed by atoms with E-state index >= 15 is 0 Å². The van der Waals surface area contributed by atoms with Crippen LogP contribution in [0.25, 0.3) is 10.9 Å². The van der Waals surface area contributed by atoms with Crippen molar-refractivity contribution in [3.63, 3.8) is 0 Å². The Kier molecular flexibility index (Phi) is 0.961. The lowest BCUT2D eigenvalue weighted by Gasteiger charge is -1.95. The highest BCUT2D eigenvalue weighted by Crippen LogP contribution is 2.37. The molecule has 0 radical (unpaired) electrons. The molecule has 1 aromatic carbocycles. The summed E-state index contributed by atoms with van der Waals surface area (Å²) in [5.41, 5.74) is 1.02. The molecule has 0 bridgehead atoms. The standard InChI is InChI=1S/C9H7NO2/c1-2-7-9(12-5-11-7)8-6(1)3-4-10-8/h1-4,10H,5H2. The second-order valence-corrected chi connectivity index (χ2v) is 2.74. The van der Waals surface area contributed by atoms with Gasteiger partial charge in [-0.3, -0.25) is 0 Å². The minimum Gasteiger partial charge on any atom is -0.454 e. The number of hydrogen-bond donors (Lipinski definition) is 1. The summed E-state index contributed by atoms with van der Waals surface area (Å²) in [7, 11) is 0. The predicted molar refractivity (Wildman–Crippen MR) is 44.4 cm³/mol. The van der Waals surface area contributed by atoms with Crippen molar-refractivity contribution in [1.29, 1.82) is 0 Å². The quantitative estimate of drug-likeness (QED) is 0.640. The van der Waals surface area contributed by atoms with Gasteiger partial charge in [-0.2, -0.15) is 0 Å². The first kappa shape index (κ1) is 5.94. The molecule has 0 saturated heterocycles. The van der Waals surface area contributed by atoms with Crippen molar-refractivity contribution in [2.45, 2.75) is 0 Å². The van der Waals surface area contributed by atoms with Crippen molar-refractivity contribution in [3.05, 3.63) is 24.4 Å². The van der Waals surface area contributed by atoms with Crippen LogP contribution in [0.2, 0.25) is 0 Å². The first-order valence-electron chi connectivity index (χ1n) is 3.81. The number of benzene rings is 1. The lowest BCUT2D eigenvalue weighted by Crippen LogP contribution is -1.93. The van der Waals surface area contributed by atoms with Crippen molar-refractivity contribution in [2.75, 3.05) is 6.79 Å². The number of aromatic nitrogens is 1. The lowest BCUT2D eigenvalue weighted by atomic mass is 10.2. The van der Waals surface area contributed by atoms with E-state index in [0.717, 1.165) is 22.4 Å². The van der Waals surface area contributed by atoms with Crippen molar-refractivity contribution in [3.8, 4) is 11.5 Å². The fourth-order valence-corrected chi connectivity index (χ4v) is 1.49. The van der Waals surface area contributed by atoms with Gasteiger partial charge in [0.2, 0.25) is 6.79 Å². The first-order valence-corrected chi connectivity index (χ1v) is 3.81. The van der Waals surface area contributed by atoms with E-state index < -0.39 is 0 Å². The molecule has 2 heterocycles. The molecule has 1 aliphatic rings. The molecule has 0 saturated carbocycles. The number of H-pyrrole nitrogens is 1. The Morgan fingerprint density at radius 1 is 1.17 bits per heavy atom. The molecular formula is C9H7NO2. The van der Waals surface area contributed by atoms with E-state index in [1.54, 1.807) is 0 Å². The van der Waals surface area contributed by atoms with Crippen molar-refractivity contribution >= 4 is 10.9 Å². The van der Waals surface area contributed by atoms with E-state index in [9.17, 15) is 0 Å². The average Bonchev–Trinajstić information content (AvgIpc) is 2.71. The van der Waals surface area contributed by atoms with E-state index in [0.29, 0.717) is 6.79 Å². The van der Waals surface area contributed by atoms with Crippen LogP contribution in [-0.2, 0) is 0 Å². The zero-order valence-corrected chi connectivity index (χ0v) is 6.33. The Labute approximate surface area is 68.9 Å². The van der Waals surface area contributed by atoms with Gasteiger partial charge in [0.25, 0.3) is 0 Å². The van der Waals surface area contributed by atoms with Gasteiger partial charge < -0.3 is 14.5 Å². The number of hydrogen-bond acceptors (Lipinski definition) is 2.